The summed E-state index contributed by atoms with van der Waals surface area (Å²) in [5.41, 5.74) is 1.22. The van der Waals surface area contributed by atoms with Crippen molar-refractivity contribution in [1.82, 2.24) is 4.90 Å². The Morgan fingerprint density at radius 3 is 2.62 bits per heavy atom. The Kier molecular flexibility index (Phi) is 5.39. The van der Waals surface area contributed by atoms with Gasteiger partial charge in [0.2, 0.25) is 5.91 Å². The molecule has 1 saturated carbocycles. The average Bonchev–Trinajstić information content (AvgIpc) is 2.92. The molecule has 1 amide bonds. The molecule has 0 spiro atoms. The fourth-order valence-corrected chi connectivity index (χ4v) is 3.48. The van der Waals surface area contributed by atoms with Crippen LogP contribution in [0.3, 0.4) is 0 Å². The lowest BCUT2D eigenvalue weighted by Gasteiger charge is -2.30. The lowest BCUT2D eigenvalue weighted by Crippen LogP contribution is -2.41. The van der Waals surface area contributed by atoms with Gasteiger partial charge in [-0.2, -0.15) is 0 Å². The Morgan fingerprint density at radius 1 is 1.38 bits per heavy atom. The third kappa shape index (κ3) is 3.64. The monoisotopic (exact) mass is 295 g/mol. The smallest absolute Gasteiger partial charge is 0.307 e. The van der Waals surface area contributed by atoms with E-state index in [1.54, 1.807) is 12.0 Å². The largest absolute Gasteiger partial charge is 0.481 e. The molecule has 1 aliphatic heterocycles. The van der Waals surface area contributed by atoms with Crippen molar-refractivity contribution in [2.75, 3.05) is 26.8 Å². The molecular weight excluding hydrogens is 270 g/mol. The summed E-state index contributed by atoms with van der Waals surface area (Å²) >= 11 is 0. The van der Waals surface area contributed by atoms with E-state index in [-0.39, 0.29) is 11.8 Å². The van der Waals surface area contributed by atoms with Gasteiger partial charge in [-0.15, -0.1) is 0 Å². The molecule has 5 heteroatoms. The van der Waals surface area contributed by atoms with Crippen LogP contribution in [0.4, 0.5) is 0 Å². The van der Waals surface area contributed by atoms with Crippen LogP contribution in [-0.2, 0) is 14.3 Å². The van der Waals surface area contributed by atoms with E-state index in [2.05, 4.69) is 6.92 Å². The summed E-state index contributed by atoms with van der Waals surface area (Å²) in [5.74, 6) is -1.29. The van der Waals surface area contributed by atoms with E-state index >= 15 is 0 Å². The number of ether oxygens (including phenoxy) is 1. The molecule has 3 unspecified atom stereocenters. The number of nitrogens with zero attached hydrogens (tertiary/aromatic N) is 1. The van der Waals surface area contributed by atoms with Crippen LogP contribution in [0.2, 0.25) is 0 Å². The highest BCUT2D eigenvalue weighted by atomic mass is 16.5. The minimum absolute atomic E-state index is 0.0195. The molecule has 1 N–H and O–H groups in total. The third-order valence-corrected chi connectivity index (χ3v) is 4.82. The van der Waals surface area contributed by atoms with Crippen LogP contribution >= 0.6 is 0 Å². The zero-order valence-corrected chi connectivity index (χ0v) is 12.9. The number of carboxylic acid groups (broad SMARTS) is 1. The average molecular weight is 295 g/mol. The van der Waals surface area contributed by atoms with Gasteiger partial charge < -0.3 is 14.7 Å². The van der Waals surface area contributed by atoms with Gasteiger partial charge in [-0.05, 0) is 30.8 Å². The topological polar surface area (TPSA) is 66.8 Å². The molecule has 2 rings (SSSR count). The normalized spacial score (nSPS) is 29.3. The number of methoxy groups -OCH3 is 1. The number of hydrogen-bond donors (Lipinski definition) is 1. The Balaban J connectivity index is 2.01. The van der Waals surface area contributed by atoms with Crippen molar-refractivity contribution in [1.29, 1.82) is 0 Å². The van der Waals surface area contributed by atoms with Crippen LogP contribution in [0.25, 0.3) is 0 Å². The van der Waals surface area contributed by atoms with E-state index < -0.39 is 11.9 Å². The van der Waals surface area contributed by atoms with E-state index in [0.29, 0.717) is 32.0 Å². The summed E-state index contributed by atoms with van der Waals surface area (Å²) in [6, 6.07) is 0. The third-order valence-electron chi connectivity index (χ3n) is 4.82. The Bertz CT molecular complexity index is 432. The van der Waals surface area contributed by atoms with Crippen molar-refractivity contribution in [3.63, 3.8) is 0 Å². The molecule has 0 radical (unpaired) electrons. The van der Waals surface area contributed by atoms with Crippen molar-refractivity contribution >= 4 is 11.9 Å². The summed E-state index contributed by atoms with van der Waals surface area (Å²) in [5, 5.41) is 9.36. The number of carbonyl (C=O) groups excluding carboxylic acids is 1. The number of carbonyl (C=O) groups is 2. The van der Waals surface area contributed by atoms with Crippen LogP contribution < -0.4 is 0 Å². The van der Waals surface area contributed by atoms with E-state index in [9.17, 15) is 14.7 Å². The second-order valence-electron chi connectivity index (χ2n) is 6.13. The zero-order valence-electron chi connectivity index (χ0n) is 12.9. The fraction of sp³-hybridized carbons (Fsp3) is 0.750. The van der Waals surface area contributed by atoms with Gasteiger partial charge in [-0.25, -0.2) is 0 Å². The van der Waals surface area contributed by atoms with E-state index in [1.807, 2.05) is 6.08 Å². The first-order valence-electron chi connectivity index (χ1n) is 7.75. The lowest BCUT2D eigenvalue weighted by molar-refractivity contribution is -0.149. The van der Waals surface area contributed by atoms with Gasteiger partial charge in [0.25, 0.3) is 0 Å². The first-order valence-corrected chi connectivity index (χ1v) is 7.75. The van der Waals surface area contributed by atoms with E-state index in [0.717, 1.165) is 19.3 Å². The van der Waals surface area contributed by atoms with Gasteiger partial charge >= 0.3 is 5.97 Å². The molecule has 3 atom stereocenters. The highest BCUT2D eigenvalue weighted by Gasteiger charge is 2.43. The van der Waals surface area contributed by atoms with Gasteiger partial charge in [0.15, 0.2) is 0 Å². The summed E-state index contributed by atoms with van der Waals surface area (Å²) in [7, 11) is 1.67. The Labute approximate surface area is 126 Å². The molecule has 118 valence electrons. The number of hydrogen-bond acceptors (Lipinski definition) is 3. The minimum Gasteiger partial charge on any atom is -0.481 e. The van der Waals surface area contributed by atoms with Crippen molar-refractivity contribution < 1.29 is 19.4 Å². The molecule has 1 heterocycles. The first kappa shape index (κ1) is 16.0. The van der Waals surface area contributed by atoms with Crippen molar-refractivity contribution in [2.45, 2.75) is 32.6 Å². The quantitative estimate of drug-likeness (QED) is 0.787. The van der Waals surface area contributed by atoms with Crippen LogP contribution in [0.1, 0.15) is 32.6 Å². The van der Waals surface area contributed by atoms with Crippen LogP contribution in [0, 0.1) is 17.8 Å². The molecule has 2 aliphatic rings. The van der Waals surface area contributed by atoms with Gasteiger partial charge in [0.05, 0.1) is 18.4 Å². The fourth-order valence-electron chi connectivity index (χ4n) is 3.48. The van der Waals surface area contributed by atoms with Gasteiger partial charge in [0, 0.05) is 20.2 Å². The summed E-state index contributed by atoms with van der Waals surface area (Å²) in [6.07, 6.45) is 5.16. The number of rotatable bonds is 5. The summed E-state index contributed by atoms with van der Waals surface area (Å²) in [6.45, 7) is 3.93. The van der Waals surface area contributed by atoms with Crippen molar-refractivity contribution in [3.8, 4) is 0 Å². The van der Waals surface area contributed by atoms with E-state index in [4.69, 9.17) is 4.74 Å². The van der Waals surface area contributed by atoms with Crippen molar-refractivity contribution in [3.05, 3.63) is 11.6 Å². The molecule has 5 nitrogen and oxygen atoms in total. The molecule has 0 aromatic heterocycles. The van der Waals surface area contributed by atoms with Crippen LogP contribution in [-0.4, -0.2) is 48.7 Å². The van der Waals surface area contributed by atoms with Crippen LogP contribution in [0.5, 0.6) is 0 Å². The molecule has 1 fully saturated rings. The van der Waals surface area contributed by atoms with Gasteiger partial charge in [-0.1, -0.05) is 19.4 Å². The predicted molar refractivity (Wildman–Crippen MR) is 78.8 cm³/mol. The maximum Gasteiger partial charge on any atom is 0.307 e. The van der Waals surface area contributed by atoms with E-state index in [1.165, 1.54) is 5.57 Å². The molecule has 0 aromatic carbocycles. The van der Waals surface area contributed by atoms with Gasteiger partial charge in [0.1, 0.15) is 0 Å². The maximum atomic E-state index is 12.6. The SMILES string of the molecule is CCC1CC(C(=O)O)C(C(=O)N2CC=C(COC)CC2)C1. The number of aliphatic carboxylic acids is 1. The molecule has 0 bridgehead atoms. The second kappa shape index (κ2) is 7.07. The predicted octanol–water partition coefficient (Wildman–Crippen LogP) is 1.93. The molecule has 0 saturated heterocycles. The van der Waals surface area contributed by atoms with Crippen LogP contribution in [0.15, 0.2) is 11.6 Å². The molecular formula is C16H25NO4. The summed E-state index contributed by atoms with van der Waals surface area (Å²) in [4.78, 5) is 25.8. The number of carboxylic acids is 1. The van der Waals surface area contributed by atoms with Gasteiger partial charge in [-0.3, -0.25) is 9.59 Å². The first-order chi connectivity index (χ1) is 10.1. The standard InChI is InChI=1S/C16H25NO4/c1-3-11-8-13(14(9-11)16(19)20)15(18)17-6-4-12(5-7-17)10-21-2/h4,11,13-14H,3,5-10H2,1-2H3,(H,19,20). The highest BCUT2D eigenvalue weighted by Crippen LogP contribution is 2.39. The Morgan fingerprint density at radius 2 is 2.10 bits per heavy atom. The molecule has 21 heavy (non-hydrogen) atoms. The molecule has 1 aliphatic carbocycles. The lowest BCUT2D eigenvalue weighted by atomic mass is 9.94. The minimum atomic E-state index is -0.822. The Hall–Kier alpha value is -1.36. The highest BCUT2D eigenvalue weighted by molar-refractivity contribution is 5.85. The zero-order chi connectivity index (χ0) is 15.4. The number of amides is 1. The van der Waals surface area contributed by atoms with Crippen molar-refractivity contribution in [2.24, 2.45) is 17.8 Å². The molecule has 0 aromatic rings. The second-order valence-corrected chi connectivity index (χ2v) is 6.13. The summed E-state index contributed by atoms with van der Waals surface area (Å²) < 4.78 is 5.10. The maximum absolute atomic E-state index is 12.6.